The first-order chi connectivity index (χ1) is 12.7. The Morgan fingerprint density at radius 2 is 1.89 bits per heavy atom. The van der Waals surface area contributed by atoms with E-state index in [0.717, 1.165) is 20.8 Å². The van der Waals surface area contributed by atoms with Gasteiger partial charge in [0.25, 0.3) is 0 Å². The van der Waals surface area contributed by atoms with Crippen molar-refractivity contribution < 1.29 is 4.74 Å². The number of allylic oxidation sites excluding steroid dienone is 1. The van der Waals surface area contributed by atoms with Crippen LogP contribution in [0.2, 0.25) is 0 Å². The molecule has 3 rings (SSSR count). The third-order valence-electron chi connectivity index (χ3n) is 4.65. The molecule has 2 heterocycles. The number of thioether (sulfide) groups is 2. The van der Waals surface area contributed by atoms with Gasteiger partial charge in [-0.05, 0) is 39.8 Å². The fourth-order valence-corrected chi connectivity index (χ4v) is 5.85. The number of nitrogens with zero attached hydrogens (tertiary/aromatic N) is 3. The Bertz CT molecular complexity index is 985. The first-order valence-corrected chi connectivity index (χ1v) is 10.3. The summed E-state index contributed by atoms with van der Waals surface area (Å²) in [5, 5.41) is 20.6. The van der Waals surface area contributed by atoms with E-state index < -0.39 is 15.3 Å². The first-order valence-electron chi connectivity index (χ1n) is 8.64. The molecule has 0 bridgehead atoms. The topological polar surface area (TPSA) is 69.7 Å². The molecule has 1 fully saturated rings. The Balaban J connectivity index is 2.05. The maximum Gasteiger partial charge on any atom is 0.148 e. The molecule has 0 amide bonds. The molecular formula is C21H21N3OS2. The van der Waals surface area contributed by atoms with Crippen molar-refractivity contribution in [3.8, 4) is 12.1 Å². The van der Waals surface area contributed by atoms with Crippen LogP contribution in [0.3, 0.4) is 0 Å². The SMILES string of the molecule is CC1(C)OC(CC#N)(Sc2ccc3ccccc3n2)C(C)(C)S/C1=C\C#N. The van der Waals surface area contributed by atoms with Crippen LogP contribution in [0, 0.1) is 22.7 Å². The standard InChI is InChI=1S/C21H21N3OS2/c1-19(2)17(11-13-22)26-20(3,4)21(25-19,12-14-23)27-18-10-9-15-7-5-6-8-16(15)24-18/h5-11H,12H2,1-4H3/b17-11-. The Morgan fingerprint density at radius 1 is 1.15 bits per heavy atom. The maximum atomic E-state index is 9.57. The molecule has 0 N–H and O–H groups in total. The normalized spacial score (nSPS) is 25.0. The molecule has 0 spiro atoms. The minimum absolute atomic E-state index is 0.218. The van der Waals surface area contributed by atoms with Crippen LogP contribution in [0.15, 0.2) is 52.4 Å². The zero-order valence-electron chi connectivity index (χ0n) is 15.8. The Hall–Kier alpha value is -1.99. The molecule has 1 aliphatic rings. The predicted molar refractivity (Wildman–Crippen MR) is 111 cm³/mol. The summed E-state index contributed by atoms with van der Waals surface area (Å²) < 4.78 is 6.13. The number of nitriles is 2. The number of fused-ring (bicyclic) bond motifs is 1. The van der Waals surface area contributed by atoms with Crippen molar-refractivity contribution in [1.29, 1.82) is 10.5 Å². The van der Waals surface area contributed by atoms with E-state index >= 15 is 0 Å². The van der Waals surface area contributed by atoms with Crippen LogP contribution in [-0.2, 0) is 4.74 Å². The van der Waals surface area contributed by atoms with Gasteiger partial charge < -0.3 is 4.74 Å². The summed E-state index contributed by atoms with van der Waals surface area (Å²) in [6, 6.07) is 16.4. The average Bonchev–Trinajstić information content (AvgIpc) is 2.60. The van der Waals surface area contributed by atoms with Crippen LogP contribution in [0.1, 0.15) is 34.1 Å². The van der Waals surface area contributed by atoms with Gasteiger partial charge in [-0.1, -0.05) is 36.0 Å². The fourth-order valence-electron chi connectivity index (χ4n) is 3.13. The second kappa shape index (κ2) is 7.20. The number of para-hydroxylation sites is 1. The molecule has 1 aromatic carbocycles. The number of ether oxygens (including phenoxy) is 1. The second-order valence-corrected chi connectivity index (χ2v) is 10.3. The molecule has 1 atom stereocenters. The highest BCUT2D eigenvalue weighted by Gasteiger charge is 2.56. The average molecular weight is 396 g/mol. The van der Waals surface area contributed by atoms with Crippen molar-refractivity contribution in [1.82, 2.24) is 4.98 Å². The minimum Gasteiger partial charge on any atom is -0.350 e. The van der Waals surface area contributed by atoms with E-state index in [9.17, 15) is 5.26 Å². The van der Waals surface area contributed by atoms with E-state index in [0.29, 0.717) is 0 Å². The van der Waals surface area contributed by atoms with Gasteiger partial charge in [0.1, 0.15) is 4.93 Å². The quantitative estimate of drug-likeness (QED) is 0.624. The summed E-state index contributed by atoms with van der Waals surface area (Å²) in [7, 11) is 0. The lowest BCUT2D eigenvalue weighted by Crippen LogP contribution is -2.56. The number of benzene rings is 1. The molecule has 1 aliphatic heterocycles. The summed E-state index contributed by atoms with van der Waals surface area (Å²) in [4.78, 5) is 4.84. The van der Waals surface area contributed by atoms with Crippen LogP contribution in [0.25, 0.3) is 10.9 Å². The van der Waals surface area contributed by atoms with Gasteiger partial charge in [0.15, 0.2) is 0 Å². The van der Waals surface area contributed by atoms with Gasteiger partial charge in [-0.25, -0.2) is 4.98 Å². The van der Waals surface area contributed by atoms with Crippen LogP contribution < -0.4 is 0 Å². The second-order valence-electron chi connectivity index (χ2n) is 7.39. The molecule has 2 aromatic rings. The lowest BCUT2D eigenvalue weighted by atomic mass is 9.99. The maximum absolute atomic E-state index is 9.57. The predicted octanol–water partition coefficient (Wildman–Crippen LogP) is 5.66. The third kappa shape index (κ3) is 3.71. The molecule has 6 heteroatoms. The number of hydrogen-bond donors (Lipinski definition) is 0. The summed E-state index contributed by atoms with van der Waals surface area (Å²) in [6.07, 6.45) is 1.76. The van der Waals surface area contributed by atoms with Crippen LogP contribution in [0.5, 0.6) is 0 Å². The van der Waals surface area contributed by atoms with Gasteiger partial charge in [0.05, 0.1) is 39.4 Å². The van der Waals surface area contributed by atoms with E-state index in [1.807, 2.05) is 50.2 Å². The fraction of sp³-hybridized carbons (Fsp3) is 0.381. The minimum atomic E-state index is -0.793. The van der Waals surface area contributed by atoms with Crippen LogP contribution in [0.4, 0.5) is 0 Å². The van der Waals surface area contributed by atoms with Crippen molar-refractivity contribution in [3.05, 3.63) is 47.4 Å². The van der Waals surface area contributed by atoms with Crippen molar-refractivity contribution >= 4 is 34.4 Å². The molecule has 0 radical (unpaired) electrons. The van der Waals surface area contributed by atoms with Gasteiger partial charge >= 0.3 is 0 Å². The number of aromatic nitrogens is 1. The largest absolute Gasteiger partial charge is 0.350 e. The summed E-state index contributed by atoms with van der Waals surface area (Å²) >= 11 is 3.10. The van der Waals surface area contributed by atoms with Gasteiger partial charge in [-0.3, -0.25) is 0 Å². The zero-order valence-corrected chi connectivity index (χ0v) is 17.4. The van der Waals surface area contributed by atoms with Crippen LogP contribution >= 0.6 is 23.5 Å². The highest BCUT2D eigenvalue weighted by atomic mass is 32.2. The van der Waals surface area contributed by atoms with Crippen molar-refractivity contribution in [2.45, 2.75) is 54.4 Å². The van der Waals surface area contributed by atoms with Gasteiger partial charge in [-0.15, -0.1) is 11.8 Å². The highest BCUT2D eigenvalue weighted by Crippen LogP contribution is 2.59. The van der Waals surface area contributed by atoms with E-state index in [2.05, 4.69) is 26.0 Å². The first kappa shape index (κ1) is 19.8. The highest BCUT2D eigenvalue weighted by molar-refractivity contribution is 8.07. The summed E-state index contributed by atoms with van der Waals surface area (Å²) in [5.74, 6) is 0. The Morgan fingerprint density at radius 3 is 2.59 bits per heavy atom. The molecule has 0 aliphatic carbocycles. The molecule has 1 aromatic heterocycles. The third-order valence-corrected chi connectivity index (χ3v) is 7.95. The molecule has 138 valence electrons. The van der Waals surface area contributed by atoms with Gasteiger partial charge in [0, 0.05) is 16.4 Å². The smallest absolute Gasteiger partial charge is 0.148 e. The van der Waals surface area contributed by atoms with E-state index in [-0.39, 0.29) is 6.42 Å². The zero-order chi connectivity index (χ0) is 19.7. The van der Waals surface area contributed by atoms with Crippen LogP contribution in [-0.4, -0.2) is 20.3 Å². The van der Waals surface area contributed by atoms with E-state index in [1.54, 1.807) is 17.8 Å². The van der Waals surface area contributed by atoms with Crippen molar-refractivity contribution in [2.75, 3.05) is 0 Å². The van der Waals surface area contributed by atoms with Gasteiger partial charge in [-0.2, -0.15) is 10.5 Å². The molecule has 1 unspecified atom stereocenters. The monoisotopic (exact) mass is 395 g/mol. The molecule has 1 saturated heterocycles. The molecular weight excluding hydrogens is 374 g/mol. The van der Waals surface area contributed by atoms with E-state index in [4.69, 9.17) is 15.0 Å². The van der Waals surface area contributed by atoms with E-state index in [1.165, 1.54) is 11.8 Å². The summed E-state index contributed by atoms with van der Waals surface area (Å²) in [6.45, 7) is 8.00. The van der Waals surface area contributed by atoms with Crippen molar-refractivity contribution in [3.63, 3.8) is 0 Å². The molecule has 0 saturated carbocycles. The lowest BCUT2D eigenvalue weighted by molar-refractivity contribution is -0.0830. The van der Waals surface area contributed by atoms with Gasteiger partial charge in [0.2, 0.25) is 0 Å². The molecule has 27 heavy (non-hydrogen) atoms. The lowest BCUT2D eigenvalue weighted by Gasteiger charge is -2.53. The Labute approximate surface area is 168 Å². The number of rotatable bonds is 3. The summed E-state index contributed by atoms with van der Waals surface area (Å²) in [5.41, 5.74) is 0.261. The Kier molecular flexibility index (Phi) is 5.27. The number of pyridine rings is 1. The van der Waals surface area contributed by atoms with Crippen molar-refractivity contribution in [2.24, 2.45) is 0 Å². The number of hydrogen-bond acceptors (Lipinski definition) is 6. The molecule has 4 nitrogen and oxygen atoms in total.